The molecule has 0 radical (unpaired) electrons. The van der Waals surface area contributed by atoms with Crippen LogP contribution in [0.3, 0.4) is 0 Å². The van der Waals surface area contributed by atoms with Gasteiger partial charge in [0.1, 0.15) is 18.2 Å². The first kappa shape index (κ1) is 14.1. The summed E-state index contributed by atoms with van der Waals surface area (Å²) in [5.41, 5.74) is 0.340. The van der Waals surface area contributed by atoms with E-state index in [-0.39, 0.29) is 5.91 Å². The van der Waals surface area contributed by atoms with Crippen LogP contribution >= 0.6 is 0 Å². The molecule has 1 amide bonds. The fourth-order valence-electron chi connectivity index (χ4n) is 1.76. The monoisotopic (exact) mass is 273 g/mol. The minimum Gasteiger partial charge on any atom is -0.492 e. The molecule has 0 aromatic heterocycles. The van der Waals surface area contributed by atoms with Crippen LogP contribution in [0.15, 0.2) is 54.6 Å². The first-order valence-electron chi connectivity index (χ1n) is 6.36. The lowest BCUT2D eigenvalue weighted by molar-refractivity contribution is 0.0773. The van der Waals surface area contributed by atoms with E-state index in [4.69, 9.17) is 4.74 Å². The van der Waals surface area contributed by atoms with Gasteiger partial charge in [-0.15, -0.1) is 0 Å². The van der Waals surface area contributed by atoms with Gasteiger partial charge in [-0.2, -0.15) is 0 Å². The second kappa shape index (κ2) is 6.70. The van der Waals surface area contributed by atoms with Crippen LogP contribution in [0, 0.1) is 5.82 Å². The highest BCUT2D eigenvalue weighted by Crippen LogP contribution is 2.09. The van der Waals surface area contributed by atoms with E-state index in [9.17, 15) is 9.18 Å². The molecule has 0 aliphatic heterocycles. The summed E-state index contributed by atoms with van der Waals surface area (Å²) in [6.07, 6.45) is 0. The third-order valence-electron chi connectivity index (χ3n) is 2.86. The maximum Gasteiger partial charge on any atom is 0.253 e. The molecule has 0 bridgehead atoms. The third-order valence-corrected chi connectivity index (χ3v) is 2.86. The van der Waals surface area contributed by atoms with Gasteiger partial charge in [0.15, 0.2) is 0 Å². The smallest absolute Gasteiger partial charge is 0.253 e. The lowest BCUT2D eigenvalue weighted by Gasteiger charge is -2.17. The van der Waals surface area contributed by atoms with E-state index < -0.39 is 5.82 Å². The Hall–Kier alpha value is -2.36. The van der Waals surface area contributed by atoms with Crippen molar-refractivity contribution in [2.45, 2.75) is 0 Å². The van der Waals surface area contributed by atoms with Crippen molar-refractivity contribution in [2.24, 2.45) is 0 Å². The lowest BCUT2D eigenvalue weighted by atomic mass is 10.2. The molecule has 2 rings (SSSR count). The lowest BCUT2D eigenvalue weighted by Crippen LogP contribution is -2.30. The second-order valence-electron chi connectivity index (χ2n) is 4.40. The van der Waals surface area contributed by atoms with Gasteiger partial charge in [-0.05, 0) is 30.3 Å². The Morgan fingerprint density at radius 3 is 2.60 bits per heavy atom. The average Bonchev–Trinajstić information content (AvgIpc) is 2.47. The highest BCUT2D eigenvalue weighted by Gasteiger charge is 2.11. The quantitative estimate of drug-likeness (QED) is 0.838. The second-order valence-corrected chi connectivity index (χ2v) is 4.40. The predicted octanol–water partition coefficient (Wildman–Crippen LogP) is 2.98. The molecule has 2 aromatic carbocycles. The highest BCUT2D eigenvalue weighted by molar-refractivity contribution is 5.94. The van der Waals surface area contributed by atoms with Crippen molar-refractivity contribution in [1.82, 2.24) is 4.90 Å². The van der Waals surface area contributed by atoms with E-state index in [1.165, 1.54) is 23.1 Å². The molecule has 0 saturated heterocycles. The minimum atomic E-state index is -0.412. The first-order chi connectivity index (χ1) is 9.66. The van der Waals surface area contributed by atoms with Crippen LogP contribution in [0.1, 0.15) is 10.4 Å². The van der Waals surface area contributed by atoms with Gasteiger partial charge in [0.2, 0.25) is 0 Å². The van der Waals surface area contributed by atoms with E-state index in [0.29, 0.717) is 18.7 Å². The number of ether oxygens (including phenoxy) is 1. The Morgan fingerprint density at radius 2 is 1.90 bits per heavy atom. The van der Waals surface area contributed by atoms with Crippen LogP contribution in [-0.4, -0.2) is 31.0 Å². The van der Waals surface area contributed by atoms with Crippen LogP contribution in [-0.2, 0) is 0 Å². The van der Waals surface area contributed by atoms with Crippen molar-refractivity contribution in [2.75, 3.05) is 20.2 Å². The van der Waals surface area contributed by atoms with Crippen molar-refractivity contribution in [3.63, 3.8) is 0 Å². The topological polar surface area (TPSA) is 29.5 Å². The normalized spacial score (nSPS) is 10.1. The number of hydrogen-bond donors (Lipinski definition) is 0. The molecule has 0 spiro atoms. The summed E-state index contributed by atoms with van der Waals surface area (Å²) >= 11 is 0. The SMILES string of the molecule is CN(CCOc1ccccc1)C(=O)c1cccc(F)c1. The van der Waals surface area contributed by atoms with Gasteiger partial charge < -0.3 is 9.64 Å². The zero-order chi connectivity index (χ0) is 14.4. The highest BCUT2D eigenvalue weighted by atomic mass is 19.1. The van der Waals surface area contributed by atoms with Gasteiger partial charge >= 0.3 is 0 Å². The van der Waals surface area contributed by atoms with Crippen molar-refractivity contribution in [3.8, 4) is 5.75 Å². The molecule has 2 aromatic rings. The molecule has 0 atom stereocenters. The third kappa shape index (κ3) is 3.82. The van der Waals surface area contributed by atoms with Crippen LogP contribution in [0.2, 0.25) is 0 Å². The van der Waals surface area contributed by atoms with Gasteiger partial charge in [0.25, 0.3) is 5.91 Å². The number of carbonyl (C=O) groups is 1. The van der Waals surface area contributed by atoms with Crippen LogP contribution in [0.4, 0.5) is 4.39 Å². The zero-order valence-electron chi connectivity index (χ0n) is 11.3. The molecule has 0 aliphatic rings. The number of amides is 1. The summed E-state index contributed by atoms with van der Waals surface area (Å²) in [5, 5.41) is 0. The Kier molecular flexibility index (Phi) is 4.71. The van der Waals surface area contributed by atoms with Gasteiger partial charge in [-0.3, -0.25) is 4.79 Å². The molecule has 4 heteroatoms. The Balaban J connectivity index is 1.85. The number of benzene rings is 2. The minimum absolute atomic E-state index is 0.221. The Bertz CT molecular complexity index is 572. The van der Waals surface area contributed by atoms with Crippen LogP contribution < -0.4 is 4.74 Å². The molecule has 0 aliphatic carbocycles. The summed E-state index contributed by atoms with van der Waals surface area (Å²) in [6, 6.07) is 15.1. The number of likely N-dealkylation sites (N-methyl/N-ethyl adjacent to an activating group) is 1. The average molecular weight is 273 g/mol. The Morgan fingerprint density at radius 1 is 1.15 bits per heavy atom. The molecule has 0 heterocycles. The Labute approximate surface area is 117 Å². The fourth-order valence-corrected chi connectivity index (χ4v) is 1.76. The molecule has 0 fully saturated rings. The number of carbonyl (C=O) groups excluding carboxylic acids is 1. The van der Waals surface area contributed by atoms with E-state index >= 15 is 0 Å². The van der Waals surface area contributed by atoms with Gasteiger partial charge in [0, 0.05) is 12.6 Å². The van der Waals surface area contributed by atoms with Crippen molar-refractivity contribution in [1.29, 1.82) is 0 Å². The van der Waals surface area contributed by atoms with E-state index in [1.54, 1.807) is 13.1 Å². The molecule has 0 saturated carbocycles. The van der Waals surface area contributed by atoms with Crippen LogP contribution in [0.25, 0.3) is 0 Å². The maximum atomic E-state index is 13.1. The summed E-state index contributed by atoms with van der Waals surface area (Å²) < 4.78 is 18.6. The molecule has 3 nitrogen and oxygen atoms in total. The number of rotatable bonds is 5. The molecule has 0 unspecified atom stereocenters. The van der Waals surface area contributed by atoms with E-state index in [0.717, 1.165) is 5.75 Å². The molecule has 104 valence electrons. The summed E-state index contributed by atoms with van der Waals surface area (Å²) in [6.45, 7) is 0.825. The fraction of sp³-hybridized carbons (Fsp3) is 0.188. The number of hydrogen-bond acceptors (Lipinski definition) is 2. The van der Waals surface area contributed by atoms with Gasteiger partial charge in [0.05, 0.1) is 6.54 Å². The van der Waals surface area contributed by atoms with Crippen molar-refractivity contribution in [3.05, 3.63) is 66.0 Å². The van der Waals surface area contributed by atoms with Gasteiger partial charge in [-0.25, -0.2) is 4.39 Å². The molecule has 0 N–H and O–H groups in total. The van der Waals surface area contributed by atoms with Crippen LogP contribution in [0.5, 0.6) is 5.75 Å². The molecular weight excluding hydrogens is 257 g/mol. The summed E-state index contributed by atoms with van der Waals surface area (Å²) in [7, 11) is 1.67. The zero-order valence-corrected chi connectivity index (χ0v) is 11.3. The number of nitrogens with zero attached hydrogens (tertiary/aromatic N) is 1. The maximum absolute atomic E-state index is 13.1. The summed E-state index contributed by atoms with van der Waals surface area (Å²) in [5.74, 6) is 0.130. The molecule has 20 heavy (non-hydrogen) atoms. The largest absolute Gasteiger partial charge is 0.492 e. The van der Waals surface area contributed by atoms with E-state index in [1.807, 2.05) is 30.3 Å². The van der Waals surface area contributed by atoms with Crippen molar-refractivity contribution >= 4 is 5.91 Å². The predicted molar refractivity (Wildman–Crippen MR) is 75.3 cm³/mol. The van der Waals surface area contributed by atoms with Crippen molar-refractivity contribution < 1.29 is 13.9 Å². The number of para-hydroxylation sites is 1. The standard InChI is InChI=1S/C16H16FNO2/c1-18(10-11-20-15-8-3-2-4-9-15)16(19)13-6-5-7-14(17)12-13/h2-9,12H,10-11H2,1H3. The van der Waals surface area contributed by atoms with E-state index in [2.05, 4.69) is 0 Å². The molecular formula is C16H16FNO2. The van der Waals surface area contributed by atoms with Gasteiger partial charge in [-0.1, -0.05) is 24.3 Å². The summed E-state index contributed by atoms with van der Waals surface area (Å²) in [4.78, 5) is 13.6. The first-order valence-corrected chi connectivity index (χ1v) is 6.36. The number of halogens is 1.